The summed E-state index contributed by atoms with van der Waals surface area (Å²) in [6, 6.07) is 14.3. The van der Waals surface area contributed by atoms with Crippen molar-refractivity contribution in [3.8, 4) is 11.5 Å². The molecule has 2 aromatic rings. The number of hydrazone groups is 1. The third-order valence-corrected chi connectivity index (χ3v) is 3.68. The Kier molecular flexibility index (Phi) is 4.62. The van der Waals surface area contributed by atoms with E-state index < -0.39 is 0 Å². The fraction of sp³-hybridized carbons (Fsp3) is 0.211. The van der Waals surface area contributed by atoms with Crippen molar-refractivity contribution in [2.45, 2.75) is 13.3 Å². The van der Waals surface area contributed by atoms with Gasteiger partial charge in [0.1, 0.15) is 13.2 Å². The molecule has 1 aliphatic rings. The first-order valence-electron chi connectivity index (χ1n) is 7.64. The van der Waals surface area contributed by atoms with E-state index in [1.54, 1.807) is 0 Å². The summed E-state index contributed by atoms with van der Waals surface area (Å²) in [6.45, 7) is 6.81. The summed E-state index contributed by atoms with van der Waals surface area (Å²) in [4.78, 5) is 0. The van der Waals surface area contributed by atoms with Crippen molar-refractivity contribution in [2.75, 3.05) is 13.2 Å². The number of hydrogen-bond donors (Lipinski definition) is 1. The summed E-state index contributed by atoms with van der Waals surface area (Å²) in [6.07, 6.45) is 2.87. The molecule has 0 aromatic heterocycles. The highest BCUT2D eigenvalue weighted by Gasteiger charge is 2.11. The molecule has 2 aromatic carbocycles. The minimum atomic E-state index is 0.600. The maximum absolute atomic E-state index is 5.63. The molecule has 4 heteroatoms. The molecular formula is C19H20N2O2. The van der Waals surface area contributed by atoms with Gasteiger partial charge in [0.25, 0.3) is 0 Å². The highest BCUT2D eigenvalue weighted by atomic mass is 16.6. The van der Waals surface area contributed by atoms with Gasteiger partial charge in [0, 0.05) is 6.72 Å². The lowest BCUT2D eigenvalue weighted by molar-refractivity contribution is 0.171. The van der Waals surface area contributed by atoms with Gasteiger partial charge in [-0.2, -0.15) is 5.10 Å². The van der Waals surface area contributed by atoms with Crippen LogP contribution in [-0.4, -0.2) is 19.9 Å². The second-order valence-corrected chi connectivity index (χ2v) is 5.44. The molecule has 1 heterocycles. The molecule has 0 fully saturated rings. The molecule has 0 saturated carbocycles. The first-order valence-corrected chi connectivity index (χ1v) is 7.64. The van der Waals surface area contributed by atoms with Crippen LogP contribution in [0.15, 0.2) is 53.6 Å². The van der Waals surface area contributed by atoms with E-state index in [9.17, 15) is 0 Å². The Balaban J connectivity index is 1.82. The Morgan fingerprint density at radius 3 is 2.78 bits per heavy atom. The Morgan fingerprint density at radius 1 is 1.17 bits per heavy atom. The van der Waals surface area contributed by atoms with Gasteiger partial charge in [0.15, 0.2) is 11.5 Å². The van der Waals surface area contributed by atoms with Gasteiger partial charge in [-0.1, -0.05) is 35.9 Å². The van der Waals surface area contributed by atoms with Gasteiger partial charge in [-0.25, -0.2) is 0 Å². The standard InChI is InChI=1S/C19H20N2O2/c1-14-4-3-5-16(12-14)17(21-20-2)8-6-15-7-9-18-19(13-15)23-11-10-22-18/h3-5,7-9,12-13,21H,2,6,10-11H2,1H3/b17-8-. The molecular weight excluding hydrogens is 288 g/mol. The van der Waals surface area contributed by atoms with Crippen LogP contribution in [0.5, 0.6) is 11.5 Å². The van der Waals surface area contributed by atoms with Gasteiger partial charge in [-0.05, 0) is 42.7 Å². The smallest absolute Gasteiger partial charge is 0.161 e. The van der Waals surface area contributed by atoms with Gasteiger partial charge in [-0.3, -0.25) is 5.43 Å². The predicted octanol–water partition coefficient (Wildman–Crippen LogP) is 3.56. The van der Waals surface area contributed by atoms with Crippen LogP contribution in [-0.2, 0) is 6.42 Å². The number of fused-ring (bicyclic) bond motifs is 1. The zero-order valence-electron chi connectivity index (χ0n) is 13.2. The van der Waals surface area contributed by atoms with Crippen LogP contribution in [0, 0.1) is 6.92 Å². The third kappa shape index (κ3) is 3.72. The van der Waals surface area contributed by atoms with E-state index in [2.05, 4.69) is 54.5 Å². The van der Waals surface area contributed by atoms with E-state index in [0.717, 1.165) is 34.7 Å². The second-order valence-electron chi connectivity index (χ2n) is 5.44. The molecule has 0 bridgehead atoms. The molecule has 0 spiro atoms. The highest BCUT2D eigenvalue weighted by molar-refractivity contribution is 5.65. The molecule has 0 radical (unpaired) electrons. The predicted molar refractivity (Wildman–Crippen MR) is 93.0 cm³/mol. The van der Waals surface area contributed by atoms with Crippen molar-refractivity contribution in [3.63, 3.8) is 0 Å². The number of rotatable bonds is 5. The summed E-state index contributed by atoms with van der Waals surface area (Å²) < 4.78 is 11.2. The molecule has 0 unspecified atom stereocenters. The van der Waals surface area contributed by atoms with E-state index in [1.165, 1.54) is 5.56 Å². The maximum Gasteiger partial charge on any atom is 0.161 e. The summed E-state index contributed by atoms with van der Waals surface area (Å²) in [5, 5.41) is 3.81. The van der Waals surface area contributed by atoms with Crippen molar-refractivity contribution in [1.29, 1.82) is 0 Å². The first kappa shape index (κ1) is 15.2. The minimum Gasteiger partial charge on any atom is -0.486 e. The molecule has 1 N–H and O–H groups in total. The molecule has 0 atom stereocenters. The van der Waals surface area contributed by atoms with Crippen molar-refractivity contribution in [1.82, 2.24) is 5.43 Å². The molecule has 0 aliphatic carbocycles. The van der Waals surface area contributed by atoms with Crippen LogP contribution in [0.1, 0.15) is 16.7 Å². The highest BCUT2D eigenvalue weighted by Crippen LogP contribution is 2.31. The van der Waals surface area contributed by atoms with Crippen molar-refractivity contribution >= 4 is 12.4 Å². The van der Waals surface area contributed by atoms with Gasteiger partial charge in [0.2, 0.25) is 0 Å². The lowest BCUT2D eigenvalue weighted by Crippen LogP contribution is -2.15. The summed E-state index contributed by atoms with van der Waals surface area (Å²) >= 11 is 0. The van der Waals surface area contributed by atoms with Crippen molar-refractivity contribution in [2.24, 2.45) is 5.10 Å². The van der Waals surface area contributed by atoms with Gasteiger partial charge in [0.05, 0.1) is 5.70 Å². The van der Waals surface area contributed by atoms with Gasteiger partial charge < -0.3 is 9.47 Å². The number of ether oxygens (including phenoxy) is 2. The minimum absolute atomic E-state index is 0.600. The summed E-state index contributed by atoms with van der Waals surface area (Å²) in [5.74, 6) is 1.63. The van der Waals surface area contributed by atoms with Gasteiger partial charge in [-0.15, -0.1) is 0 Å². The Morgan fingerprint density at radius 2 is 2.00 bits per heavy atom. The topological polar surface area (TPSA) is 42.9 Å². The first-order chi connectivity index (χ1) is 11.3. The quantitative estimate of drug-likeness (QED) is 0.678. The number of allylic oxidation sites excluding steroid dienone is 1. The monoisotopic (exact) mass is 308 g/mol. The van der Waals surface area contributed by atoms with Crippen LogP contribution in [0.3, 0.4) is 0 Å². The zero-order chi connectivity index (χ0) is 16.1. The summed E-state index contributed by atoms with van der Waals surface area (Å²) in [7, 11) is 0. The van der Waals surface area contributed by atoms with Crippen molar-refractivity contribution < 1.29 is 9.47 Å². The van der Waals surface area contributed by atoms with E-state index in [1.807, 2.05) is 18.2 Å². The lowest BCUT2D eigenvalue weighted by atomic mass is 10.1. The zero-order valence-corrected chi connectivity index (χ0v) is 13.2. The van der Waals surface area contributed by atoms with E-state index in [-0.39, 0.29) is 0 Å². The van der Waals surface area contributed by atoms with Crippen molar-refractivity contribution in [3.05, 3.63) is 65.2 Å². The molecule has 1 aliphatic heterocycles. The third-order valence-electron chi connectivity index (χ3n) is 3.68. The Bertz CT molecular complexity index is 738. The lowest BCUT2D eigenvalue weighted by Gasteiger charge is -2.18. The molecule has 4 nitrogen and oxygen atoms in total. The molecule has 0 amide bonds. The second kappa shape index (κ2) is 7.01. The van der Waals surface area contributed by atoms with E-state index >= 15 is 0 Å². The number of nitrogens with one attached hydrogen (secondary N) is 1. The number of hydrogen-bond acceptors (Lipinski definition) is 4. The number of nitrogens with zero attached hydrogens (tertiary/aromatic N) is 1. The Hall–Kier alpha value is -2.75. The van der Waals surface area contributed by atoms with E-state index in [0.29, 0.717) is 13.2 Å². The normalized spacial score (nSPS) is 13.5. The fourth-order valence-electron chi connectivity index (χ4n) is 2.56. The maximum atomic E-state index is 5.63. The van der Waals surface area contributed by atoms with E-state index in [4.69, 9.17) is 9.47 Å². The average Bonchev–Trinajstić information content (AvgIpc) is 2.58. The van der Waals surface area contributed by atoms with Gasteiger partial charge >= 0.3 is 0 Å². The summed E-state index contributed by atoms with van der Waals surface area (Å²) in [5.41, 5.74) is 7.38. The average molecular weight is 308 g/mol. The van der Waals surface area contributed by atoms with Crippen LogP contribution in [0.25, 0.3) is 5.70 Å². The molecule has 118 valence electrons. The number of benzene rings is 2. The van der Waals surface area contributed by atoms with Crippen LogP contribution < -0.4 is 14.9 Å². The molecule has 3 rings (SSSR count). The van der Waals surface area contributed by atoms with Crippen LogP contribution >= 0.6 is 0 Å². The molecule has 23 heavy (non-hydrogen) atoms. The fourth-order valence-corrected chi connectivity index (χ4v) is 2.56. The Labute approximate surface area is 136 Å². The molecule has 0 saturated heterocycles. The van der Waals surface area contributed by atoms with Crippen LogP contribution in [0.4, 0.5) is 0 Å². The largest absolute Gasteiger partial charge is 0.486 e. The number of aryl methyl sites for hydroxylation is 1. The van der Waals surface area contributed by atoms with Crippen LogP contribution in [0.2, 0.25) is 0 Å². The SMILES string of the molecule is C=NN/C(=C\Cc1ccc2c(c1)OCCO2)c1cccc(C)c1.